The first-order chi connectivity index (χ1) is 10.1. The fraction of sp³-hybridized carbons (Fsp3) is 0.750. The van der Waals surface area contributed by atoms with Gasteiger partial charge in [0.15, 0.2) is 6.10 Å². The minimum absolute atomic E-state index is 0.205. The third-order valence-corrected chi connectivity index (χ3v) is 2.91. The molecule has 0 bridgehead atoms. The number of esters is 1. The van der Waals surface area contributed by atoms with Crippen molar-refractivity contribution in [1.29, 1.82) is 0 Å². The smallest absolute Gasteiger partial charge is 0.306 e. The number of aliphatic hydroxyl groups excluding tert-OH is 1. The van der Waals surface area contributed by atoms with Crippen LogP contribution in [0.5, 0.6) is 0 Å². The van der Waals surface area contributed by atoms with Crippen molar-refractivity contribution in [2.24, 2.45) is 0 Å². The lowest BCUT2D eigenvalue weighted by Gasteiger charge is -2.29. The first-order valence-corrected chi connectivity index (χ1v) is 7.71. The van der Waals surface area contributed by atoms with Gasteiger partial charge in [0.25, 0.3) is 0 Å². The molecule has 0 rings (SSSR count). The number of likely N-dealkylation sites (N-methyl/N-ethyl adjacent to an activating group) is 1. The Kier molecular flexibility index (Phi) is 9.49. The van der Waals surface area contributed by atoms with Crippen LogP contribution in [-0.4, -0.2) is 55.3 Å². The number of ether oxygens (including phenoxy) is 1. The molecule has 0 aliphatic heterocycles. The number of hydrogen-bond donors (Lipinski definition) is 1. The van der Waals surface area contributed by atoms with Crippen LogP contribution in [0, 0.1) is 0 Å². The van der Waals surface area contributed by atoms with E-state index in [4.69, 9.17) is 4.74 Å². The topological polar surface area (TPSA) is 86.7 Å². The summed E-state index contributed by atoms with van der Waals surface area (Å²) in [5.74, 6) is -1.29. The Labute approximate surface area is 133 Å². The SMILES string of the molecule is CCC/C(O)=C/CCCC(=O)OC(CC(=O)[O-])C[N+](C)(C)C. The number of rotatable bonds is 11. The van der Waals surface area contributed by atoms with E-state index in [1.54, 1.807) is 6.08 Å². The number of allylic oxidation sites excluding steroid dienone is 2. The van der Waals surface area contributed by atoms with Gasteiger partial charge in [0, 0.05) is 25.2 Å². The summed E-state index contributed by atoms with van der Waals surface area (Å²) in [6.07, 6.45) is 3.62. The number of carboxylic acids is 1. The van der Waals surface area contributed by atoms with E-state index < -0.39 is 18.0 Å². The molecule has 1 N–H and O–H groups in total. The van der Waals surface area contributed by atoms with Crippen LogP contribution in [0.1, 0.15) is 45.4 Å². The molecule has 0 amide bonds. The molecule has 0 aromatic heterocycles. The van der Waals surface area contributed by atoms with Gasteiger partial charge in [-0.25, -0.2) is 0 Å². The van der Waals surface area contributed by atoms with Gasteiger partial charge in [-0.1, -0.05) is 6.92 Å². The fourth-order valence-electron chi connectivity index (χ4n) is 2.06. The number of unbranched alkanes of at least 4 members (excludes halogenated alkanes) is 1. The monoisotopic (exact) mass is 315 g/mol. The van der Waals surface area contributed by atoms with E-state index in [-0.39, 0.29) is 12.8 Å². The van der Waals surface area contributed by atoms with Crippen molar-refractivity contribution in [3.05, 3.63) is 11.8 Å². The number of aliphatic carboxylic acids is 1. The Morgan fingerprint density at radius 1 is 1.27 bits per heavy atom. The van der Waals surface area contributed by atoms with Crippen molar-refractivity contribution in [2.75, 3.05) is 27.7 Å². The summed E-state index contributed by atoms with van der Waals surface area (Å²) in [6.45, 7) is 2.39. The molecule has 0 aliphatic carbocycles. The summed E-state index contributed by atoms with van der Waals surface area (Å²) in [7, 11) is 5.70. The maximum Gasteiger partial charge on any atom is 0.306 e. The maximum absolute atomic E-state index is 11.8. The van der Waals surface area contributed by atoms with Gasteiger partial charge in [0.05, 0.1) is 26.9 Å². The number of carboxylic acid groups (broad SMARTS) is 1. The molecule has 0 radical (unpaired) electrons. The van der Waals surface area contributed by atoms with Crippen molar-refractivity contribution < 1.29 is 29.0 Å². The van der Waals surface area contributed by atoms with Gasteiger partial charge in [-0.15, -0.1) is 0 Å². The van der Waals surface area contributed by atoms with Crippen LogP contribution in [-0.2, 0) is 14.3 Å². The van der Waals surface area contributed by atoms with Gasteiger partial charge in [0.2, 0.25) is 0 Å². The largest absolute Gasteiger partial charge is 0.550 e. The minimum Gasteiger partial charge on any atom is -0.550 e. The van der Waals surface area contributed by atoms with Crippen LogP contribution in [0.4, 0.5) is 0 Å². The molecule has 0 aliphatic rings. The molecule has 0 fully saturated rings. The lowest BCUT2D eigenvalue weighted by molar-refractivity contribution is -0.873. The zero-order valence-corrected chi connectivity index (χ0v) is 14.1. The van der Waals surface area contributed by atoms with E-state index in [9.17, 15) is 19.8 Å². The summed E-state index contributed by atoms with van der Waals surface area (Å²) in [6, 6.07) is 0. The Hall–Kier alpha value is -1.56. The number of hydrogen-bond acceptors (Lipinski definition) is 5. The van der Waals surface area contributed by atoms with Gasteiger partial charge in [-0.2, -0.15) is 0 Å². The predicted molar refractivity (Wildman–Crippen MR) is 81.9 cm³/mol. The Morgan fingerprint density at radius 3 is 2.41 bits per heavy atom. The van der Waals surface area contributed by atoms with Crippen molar-refractivity contribution >= 4 is 11.9 Å². The molecule has 0 aromatic rings. The van der Waals surface area contributed by atoms with Crippen LogP contribution in [0.25, 0.3) is 0 Å². The second-order valence-corrected chi connectivity index (χ2v) is 6.50. The Bertz CT molecular complexity index is 384. The second kappa shape index (κ2) is 10.2. The van der Waals surface area contributed by atoms with Crippen LogP contribution >= 0.6 is 0 Å². The van der Waals surface area contributed by atoms with E-state index in [1.165, 1.54) is 0 Å². The highest BCUT2D eigenvalue weighted by Gasteiger charge is 2.22. The van der Waals surface area contributed by atoms with E-state index >= 15 is 0 Å². The highest BCUT2D eigenvalue weighted by molar-refractivity contribution is 5.70. The van der Waals surface area contributed by atoms with Crippen LogP contribution in [0.2, 0.25) is 0 Å². The highest BCUT2D eigenvalue weighted by atomic mass is 16.5. The van der Waals surface area contributed by atoms with Crippen molar-refractivity contribution in [3.63, 3.8) is 0 Å². The van der Waals surface area contributed by atoms with Crippen LogP contribution < -0.4 is 5.11 Å². The first kappa shape index (κ1) is 20.4. The molecule has 1 atom stereocenters. The molecule has 1 unspecified atom stereocenters. The Morgan fingerprint density at radius 2 is 1.91 bits per heavy atom. The van der Waals surface area contributed by atoms with E-state index in [0.717, 1.165) is 6.42 Å². The first-order valence-electron chi connectivity index (χ1n) is 7.71. The normalized spacial score (nSPS) is 13.7. The molecule has 6 nitrogen and oxygen atoms in total. The summed E-state index contributed by atoms with van der Waals surface area (Å²) in [5.41, 5.74) is 0. The lowest BCUT2D eigenvalue weighted by Crippen LogP contribution is -2.45. The van der Waals surface area contributed by atoms with Crippen molar-refractivity contribution in [2.45, 2.75) is 51.6 Å². The third-order valence-electron chi connectivity index (χ3n) is 2.91. The number of nitrogens with zero attached hydrogens (tertiary/aromatic N) is 1. The van der Waals surface area contributed by atoms with E-state index in [1.807, 2.05) is 28.1 Å². The quantitative estimate of drug-likeness (QED) is 0.267. The molecule has 128 valence electrons. The van der Waals surface area contributed by atoms with Crippen molar-refractivity contribution in [3.8, 4) is 0 Å². The highest BCUT2D eigenvalue weighted by Crippen LogP contribution is 2.09. The van der Waals surface area contributed by atoms with Gasteiger partial charge in [-0.05, 0) is 25.3 Å². The van der Waals surface area contributed by atoms with Gasteiger partial charge in [-0.3, -0.25) is 4.79 Å². The average molecular weight is 315 g/mol. The van der Waals surface area contributed by atoms with Crippen molar-refractivity contribution in [1.82, 2.24) is 0 Å². The van der Waals surface area contributed by atoms with Gasteiger partial charge in [0.1, 0.15) is 6.54 Å². The molecule has 0 saturated carbocycles. The standard InChI is InChI=1S/C16H29NO5/c1-5-8-13(18)9-6-7-10-16(21)22-14(11-15(19)20)12-17(2,3)4/h9,14H,5-8,10-12H2,1-4H3,(H-,18,19,20)/b13-9-. The number of carbonyl (C=O) groups is 2. The second-order valence-electron chi connectivity index (χ2n) is 6.50. The fourth-order valence-corrected chi connectivity index (χ4v) is 2.06. The summed E-state index contributed by atoms with van der Waals surface area (Å²) in [4.78, 5) is 22.5. The Balaban J connectivity index is 4.22. The van der Waals surface area contributed by atoms with Crippen LogP contribution in [0.15, 0.2) is 11.8 Å². The molecule has 22 heavy (non-hydrogen) atoms. The summed E-state index contributed by atoms with van der Waals surface area (Å²) >= 11 is 0. The maximum atomic E-state index is 11.8. The molecule has 0 aromatic carbocycles. The van der Waals surface area contributed by atoms with Gasteiger partial charge >= 0.3 is 5.97 Å². The number of quaternary nitrogens is 1. The summed E-state index contributed by atoms with van der Waals surface area (Å²) in [5, 5.41) is 20.2. The van der Waals surface area contributed by atoms with E-state index in [2.05, 4.69) is 0 Å². The molecule has 6 heteroatoms. The van der Waals surface area contributed by atoms with E-state index in [0.29, 0.717) is 36.0 Å². The summed E-state index contributed by atoms with van der Waals surface area (Å²) < 4.78 is 5.73. The average Bonchev–Trinajstić information content (AvgIpc) is 2.32. The molecule has 0 saturated heterocycles. The third kappa shape index (κ3) is 12.2. The number of carbonyl (C=O) groups excluding carboxylic acids is 2. The molecular weight excluding hydrogens is 286 g/mol. The zero-order valence-electron chi connectivity index (χ0n) is 14.1. The predicted octanol–water partition coefficient (Wildman–Crippen LogP) is 1.16. The molecule has 0 spiro atoms. The van der Waals surface area contributed by atoms with Crippen LogP contribution in [0.3, 0.4) is 0 Å². The zero-order chi connectivity index (χ0) is 17.2. The molecular formula is C16H29NO5. The molecule has 0 heterocycles. The number of aliphatic hydroxyl groups is 1. The lowest BCUT2D eigenvalue weighted by atomic mass is 10.2. The minimum atomic E-state index is -1.22. The van der Waals surface area contributed by atoms with Gasteiger partial charge < -0.3 is 24.2 Å².